The minimum absolute atomic E-state index is 0.308. The maximum atomic E-state index is 12.9. The van der Waals surface area contributed by atoms with Crippen molar-refractivity contribution in [1.82, 2.24) is 5.43 Å². The summed E-state index contributed by atoms with van der Waals surface area (Å²) in [4.78, 5) is 11.9. The van der Waals surface area contributed by atoms with E-state index in [1.54, 1.807) is 48.5 Å². The third-order valence-electron chi connectivity index (χ3n) is 3.29. The molecule has 24 heavy (non-hydrogen) atoms. The van der Waals surface area contributed by atoms with Crippen molar-refractivity contribution in [2.75, 3.05) is 5.73 Å². The lowest BCUT2D eigenvalue weighted by atomic mass is 10.2. The molecule has 0 fully saturated rings. The number of anilines is 1. The van der Waals surface area contributed by atoms with Gasteiger partial charge in [-0.25, -0.2) is 9.82 Å². The van der Waals surface area contributed by atoms with Crippen LogP contribution in [0.15, 0.2) is 70.2 Å². The van der Waals surface area contributed by atoms with Crippen molar-refractivity contribution in [1.29, 1.82) is 0 Å². The Bertz CT molecular complexity index is 868. The molecule has 0 unspecified atom stereocenters. The molecule has 0 saturated carbocycles. The van der Waals surface area contributed by atoms with Crippen molar-refractivity contribution in [3.05, 3.63) is 77.8 Å². The second-order valence-electron chi connectivity index (χ2n) is 5.03. The summed E-state index contributed by atoms with van der Waals surface area (Å²) in [5.41, 5.74) is 9.76. The number of benzene rings is 2. The Hall–Kier alpha value is -3.41. The highest BCUT2D eigenvalue weighted by molar-refractivity contribution is 5.95. The van der Waals surface area contributed by atoms with Crippen LogP contribution < -0.4 is 11.2 Å². The van der Waals surface area contributed by atoms with Gasteiger partial charge >= 0.3 is 0 Å². The van der Waals surface area contributed by atoms with Gasteiger partial charge in [0, 0.05) is 16.8 Å². The molecular formula is C18H14FN3O2. The number of nitrogens with one attached hydrogen (secondary N) is 1. The Kier molecular flexibility index (Phi) is 4.38. The van der Waals surface area contributed by atoms with Crippen LogP contribution >= 0.6 is 0 Å². The van der Waals surface area contributed by atoms with Gasteiger partial charge in [-0.05, 0) is 60.7 Å². The van der Waals surface area contributed by atoms with Crippen molar-refractivity contribution in [2.24, 2.45) is 5.10 Å². The highest BCUT2D eigenvalue weighted by Gasteiger charge is 2.05. The van der Waals surface area contributed by atoms with Crippen LogP contribution in [0.5, 0.6) is 0 Å². The molecule has 0 aliphatic heterocycles. The Morgan fingerprint density at radius 3 is 2.46 bits per heavy atom. The van der Waals surface area contributed by atoms with Gasteiger partial charge in [-0.1, -0.05) is 0 Å². The fourth-order valence-electron chi connectivity index (χ4n) is 2.05. The smallest absolute Gasteiger partial charge is 0.271 e. The largest absolute Gasteiger partial charge is 0.455 e. The molecule has 0 bridgehead atoms. The van der Waals surface area contributed by atoms with Crippen LogP contribution in [0.25, 0.3) is 11.3 Å². The highest BCUT2D eigenvalue weighted by atomic mass is 19.1. The van der Waals surface area contributed by atoms with Crippen LogP contribution in [-0.2, 0) is 0 Å². The summed E-state index contributed by atoms with van der Waals surface area (Å²) in [6.45, 7) is 0. The monoisotopic (exact) mass is 323 g/mol. The number of nitrogens with zero attached hydrogens (tertiary/aromatic N) is 1. The molecule has 1 heterocycles. The van der Waals surface area contributed by atoms with Gasteiger partial charge in [0.15, 0.2) is 0 Å². The van der Waals surface area contributed by atoms with Gasteiger partial charge in [-0.2, -0.15) is 5.10 Å². The predicted octanol–water partition coefficient (Wildman–Crippen LogP) is 3.43. The number of hydrogen-bond donors (Lipinski definition) is 2. The van der Waals surface area contributed by atoms with Crippen LogP contribution in [0.2, 0.25) is 0 Å². The standard InChI is InChI=1S/C18H14FN3O2/c19-14-5-1-12(2-6-14)17-10-9-16(24-17)11-21-22-18(23)13-3-7-15(20)8-4-13/h1-11H,20H2,(H,22,23)/b21-11+. The lowest BCUT2D eigenvalue weighted by Gasteiger charge is -1.99. The molecule has 1 aromatic heterocycles. The van der Waals surface area contributed by atoms with E-state index in [2.05, 4.69) is 10.5 Å². The number of carbonyl (C=O) groups is 1. The molecule has 3 N–H and O–H groups in total. The van der Waals surface area contributed by atoms with E-state index in [9.17, 15) is 9.18 Å². The zero-order chi connectivity index (χ0) is 16.9. The summed E-state index contributed by atoms with van der Waals surface area (Å²) < 4.78 is 18.5. The summed E-state index contributed by atoms with van der Waals surface area (Å²) in [6.07, 6.45) is 1.39. The van der Waals surface area contributed by atoms with E-state index in [0.717, 1.165) is 5.56 Å². The number of rotatable bonds is 4. The number of halogens is 1. The number of carbonyl (C=O) groups excluding carboxylic acids is 1. The fraction of sp³-hybridized carbons (Fsp3) is 0. The summed E-state index contributed by atoms with van der Waals surface area (Å²) in [5.74, 6) is 0.391. The molecule has 120 valence electrons. The van der Waals surface area contributed by atoms with Crippen LogP contribution in [-0.4, -0.2) is 12.1 Å². The minimum atomic E-state index is -0.350. The topological polar surface area (TPSA) is 80.6 Å². The number of hydrazone groups is 1. The maximum Gasteiger partial charge on any atom is 0.271 e. The molecule has 0 aliphatic rings. The Morgan fingerprint density at radius 2 is 1.75 bits per heavy atom. The molecule has 0 atom stereocenters. The van der Waals surface area contributed by atoms with E-state index in [0.29, 0.717) is 22.8 Å². The van der Waals surface area contributed by atoms with Crippen LogP contribution in [0.1, 0.15) is 16.1 Å². The van der Waals surface area contributed by atoms with Gasteiger partial charge < -0.3 is 10.2 Å². The molecule has 3 rings (SSSR count). The zero-order valence-corrected chi connectivity index (χ0v) is 12.6. The van der Waals surface area contributed by atoms with E-state index in [-0.39, 0.29) is 11.7 Å². The third kappa shape index (κ3) is 3.67. The van der Waals surface area contributed by atoms with E-state index in [1.807, 2.05) is 0 Å². The first-order chi connectivity index (χ1) is 11.6. The van der Waals surface area contributed by atoms with Crippen molar-refractivity contribution in [3.8, 4) is 11.3 Å². The van der Waals surface area contributed by atoms with E-state index in [4.69, 9.17) is 10.2 Å². The van der Waals surface area contributed by atoms with Crippen LogP contribution in [0, 0.1) is 5.82 Å². The summed E-state index contributed by atoms with van der Waals surface area (Å²) >= 11 is 0. The lowest BCUT2D eigenvalue weighted by Crippen LogP contribution is -2.17. The molecule has 5 nitrogen and oxygen atoms in total. The minimum Gasteiger partial charge on any atom is -0.455 e. The third-order valence-corrected chi connectivity index (χ3v) is 3.29. The van der Waals surface area contributed by atoms with Gasteiger partial charge in [-0.15, -0.1) is 0 Å². The molecule has 0 saturated heterocycles. The number of hydrogen-bond acceptors (Lipinski definition) is 4. The fourth-order valence-corrected chi connectivity index (χ4v) is 2.05. The summed E-state index contributed by atoms with van der Waals surface area (Å²) in [6, 6.07) is 15.9. The molecule has 3 aromatic rings. The summed E-state index contributed by atoms with van der Waals surface area (Å²) in [7, 11) is 0. The summed E-state index contributed by atoms with van der Waals surface area (Å²) in [5, 5.41) is 3.85. The maximum absolute atomic E-state index is 12.9. The highest BCUT2D eigenvalue weighted by Crippen LogP contribution is 2.21. The average molecular weight is 323 g/mol. The van der Waals surface area contributed by atoms with E-state index < -0.39 is 0 Å². The first-order valence-corrected chi connectivity index (χ1v) is 7.16. The van der Waals surface area contributed by atoms with Gasteiger partial charge in [0.25, 0.3) is 5.91 Å². The number of amides is 1. The van der Waals surface area contributed by atoms with Gasteiger partial charge in [0.1, 0.15) is 17.3 Å². The predicted molar refractivity (Wildman–Crippen MR) is 90.0 cm³/mol. The Labute approximate surface area is 137 Å². The van der Waals surface area contributed by atoms with Crippen LogP contribution in [0.4, 0.5) is 10.1 Å². The van der Waals surface area contributed by atoms with Crippen LogP contribution in [0.3, 0.4) is 0 Å². The second-order valence-corrected chi connectivity index (χ2v) is 5.03. The first-order valence-electron chi connectivity index (χ1n) is 7.16. The number of nitrogens with two attached hydrogens (primary N) is 1. The quantitative estimate of drug-likeness (QED) is 0.438. The molecule has 6 heteroatoms. The Morgan fingerprint density at radius 1 is 1.04 bits per heavy atom. The van der Waals surface area contributed by atoms with Gasteiger partial charge in [-0.3, -0.25) is 4.79 Å². The molecule has 0 spiro atoms. The van der Waals surface area contributed by atoms with Crippen molar-refractivity contribution >= 4 is 17.8 Å². The first kappa shape index (κ1) is 15.5. The Balaban J connectivity index is 1.64. The second kappa shape index (κ2) is 6.78. The van der Waals surface area contributed by atoms with Crippen molar-refractivity contribution < 1.29 is 13.6 Å². The molecular weight excluding hydrogens is 309 g/mol. The average Bonchev–Trinajstić information content (AvgIpc) is 3.05. The number of furan rings is 1. The lowest BCUT2D eigenvalue weighted by molar-refractivity contribution is 0.0955. The zero-order valence-electron chi connectivity index (χ0n) is 12.6. The van der Waals surface area contributed by atoms with Gasteiger partial charge in [0.05, 0.1) is 6.21 Å². The van der Waals surface area contributed by atoms with Crippen molar-refractivity contribution in [3.63, 3.8) is 0 Å². The van der Waals surface area contributed by atoms with Crippen molar-refractivity contribution in [2.45, 2.75) is 0 Å². The number of nitrogen functional groups attached to an aromatic ring is 1. The van der Waals surface area contributed by atoms with E-state index in [1.165, 1.54) is 18.3 Å². The van der Waals surface area contributed by atoms with E-state index >= 15 is 0 Å². The normalized spacial score (nSPS) is 10.9. The SMILES string of the molecule is Nc1ccc(C(=O)N/N=C/c2ccc(-c3ccc(F)cc3)o2)cc1. The molecule has 2 aromatic carbocycles. The molecule has 0 radical (unpaired) electrons. The molecule has 1 amide bonds. The molecule has 0 aliphatic carbocycles. The van der Waals surface area contributed by atoms with Gasteiger partial charge in [0.2, 0.25) is 0 Å².